The summed E-state index contributed by atoms with van der Waals surface area (Å²) in [6.45, 7) is -0.0443. The highest BCUT2D eigenvalue weighted by Gasteiger charge is 2.21. The molecule has 1 aromatic heterocycles. The van der Waals surface area contributed by atoms with Crippen molar-refractivity contribution in [3.05, 3.63) is 21.6 Å². The molecule has 0 saturated heterocycles. The summed E-state index contributed by atoms with van der Waals surface area (Å²) in [5.74, 6) is -0.367. The Labute approximate surface area is 108 Å². The SMILES string of the molecule is CNS(=O)(=O)CCNc1ncnc(Cl)c1[N+](=O)[O-]. The van der Waals surface area contributed by atoms with Crippen LogP contribution in [0.2, 0.25) is 5.15 Å². The molecule has 9 nitrogen and oxygen atoms in total. The fourth-order valence-corrected chi connectivity index (χ4v) is 1.83. The Morgan fingerprint density at radius 3 is 2.72 bits per heavy atom. The molecule has 0 spiro atoms. The number of sulfonamides is 1. The van der Waals surface area contributed by atoms with Crippen LogP contribution >= 0.6 is 11.6 Å². The highest BCUT2D eigenvalue weighted by molar-refractivity contribution is 7.89. The molecule has 0 atom stereocenters. The predicted molar refractivity (Wildman–Crippen MR) is 65.0 cm³/mol. The molecular formula is C7H10ClN5O4S. The first-order valence-corrected chi connectivity index (χ1v) is 6.70. The van der Waals surface area contributed by atoms with E-state index in [1.165, 1.54) is 7.05 Å². The molecular weight excluding hydrogens is 286 g/mol. The summed E-state index contributed by atoms with van der Waals surface area (Å²) in [5, 5.41) is 12.9. The van der Waals surface area contributed by atoms with Crippen LogP contribution in [0.1, 0.15) is 0 Å². The summed E-state index contributed by atoms with van der Waals surface area (Å²) in [4.78, 5) is 17.1. The fraction of sp³-hybridized carbons (Fsp3) is 0.429. The van der Waals surface area contributed by atoms with Crippen molar-refractivity contribution in [3.63, 3.8) is 0 Å². The molecule has 0 fully saturated rings. The van der Waals surface area contributed by atoms with Crippen molar-refractivity contribution < 1.29 is 13.3 Å². The van der Waals surface area contributed by atoms with Gasteiger partial charge in [0.1, 0.15) is 6.33 Å². The third-order valence-electron chi connectivity index (χ3n) is 1.93. The van der Waals surface area contributed by atoms with Gasteiger partial charge in [-0.2, -0.15) is 0 Å². The third-order valence-corrected chi connectivity index (χ3v) is 3.57. The van der Waals surface area contributed by atoms with Gasteiger partial charge in [0.15, 0.2) is 0 Å². The van der Waals surface area contributed by atoms with Crippen LogP contribution in [0.15, 0.2) is 6.33 Å². The molecule has 1 rings (SSSR count). The molecule has 0 aromatic carbocycles. The Morgan fingerprint density at radius 1 is 1.50 bits per heavy atom. The van der Waals surface area contributed by atoms with Crippen LogP contribution in [0.25, 0.3) is 0 Å². The highest BCUT2D eigenvalue weighted by Crippen LogP contribution is 2.27. The second-order valence-electron chi connectivity index (χ2n) is 3.07. The second kappa shape index (κ2) is 5.89. The van der Waals surface area contributed by atoms with Crippen molar-refractivity contribution >= 4 is 33.1 Å². The van der Waals surface area contributed by atoms with Gasteiger partial charge in [-0.25, -0.2) is 23.1 Å². The minimum Gasteiger partial charge on any atom is -0.363 e. The number of hydrogen-bond acceptors (Lipinski definition) is 7. The summed E-state index contributed by atoms with van der Waals surface area (Å²) < 4.78 is 24.4. The maximum absolute atomic E-state index is 11.1. The molecule has 100 valence electrons. The number of anilines is 1. The molecule has 0 aliphatic rings. The van der Waals surface area contributed by atoms with E-state index in [0.29, 0.717) is 0 Å². The second-order valence-corrected chi connectivity index (χ2v) is 5.47. The Kier molecular flexibility index (Phi) is 4.76. The van der Waals surface area contributed by atoms with Gasteiger partial charge in [-0.05, 0) is 7.05 Å². The van der Waals surface area contributed by atoms with Crippen LogP contribution < -0.4 is 10.0 Å². The normalized spacial score (nSPS) is 11.2. The molecule has 0 amide bonds. The van der Waals surface area contributed by atoms with E-state index >= 15 is 0 Å². The topological polar surface area (TPSA) is 127 Å². The van der Waals surface area contributed by atoms with Crippen LogP contribution in [0.4, 0.5) is 11.5 Å². The van der Waals surface area contributed by atoms with E-state index in [-0.39, 0.29) is 23.3 Å². The van der Waals surface area contributed by atoms with E-state index in [2.05, 4.69) is 20.0 Å². The van der Waals surface area contributed by atoms with Gasteiger partial charge in [0.25, 0.3) is 0 Å². The molecule has 0 aliphatic heterocycles. The van der Waals surface area contributed by atoms with Gasteiger partial charge in [-0.1, -0.05) is 11.6 Å². The Hall–Kier alpha value is -1.52. The molecule has 1 aromatic rings. The van der Waals surface area contributed by atoms with Crippen molar-refractivity contribution in [3.8, 4) is 0 Å². The number of aromatic nitrogens is 2. The highest BCUT2D eigenvalue weighted by atomic mass is 35.5. The monoisotopic (exact) mass is 295 g/mol. The lowest BCUT2D eigenvalue weighted by Crippen LogP contribution is -2.26. The molecule has 0 radical (unpaired) electrons. The molecule has 0 aliphatic carbocycles. The Bertz CT molecular complexity index is 549. The average Bonchev–Trinajstić information content (AvgIpc) is 2.28. The summed E-state index contributed by atoms with van der Waals surface area (Å²) in [6, 6.07) is 0. The number of nitrogens with zero attached hydrogens (tertiary/aromatic N) is 3. The largest absolute Gasteiger partial charge is 0.363 e. The number of nitrogens with one attached hydrogen (secondary N) is 2. The van der Waals surface area contributed by atoms with Crippen LogP contribution in [-0.4, -0.2) is 42.7 Å². The van der Waals surface area contributed by atoms with Gasteiger partial charge in [-0.15, -0.1) is 0 Å². The number of hydrogen-bond donors (Lipinski definition) is 2. The van der Waals surface area contributed by atoms with Gasteiger partial charge in [0.2, 0.25) is 21.0 Å². The van der Waals surface area contributed by atoms with E-state index < -0.39 is 20.6 Å². The predicted octanol–water partition coefficient (Wildman–Crippen LogP) is -0.000700. The maximum atomic E-state index is 11.1. The molecule has 1 heterocycles. The van der Waals surface area contributed by atoms with Crippen molar-refractivity contribution in [2.45, 2.75) is 0 Å². The first kappa shape index (κ1) is 14.5. The number of nitro groups is 1. The Morgan fingerprint density at radius 2 is 2.17 bits per heavy atom. The first-order chi connectivity index (χ1) is 8.37. The van der Waals surface area contributed by atoms with Crippen molar-refractivity contribution in [2.75, 3.05) is 24.7 Å². The minimum atomic E-state index is -3.39. The molecule has 0 bridgehead atoms. The quantitative estimate of drug-likeness (QED) is 0.429. The van der Waals surface area contributed by atoms with Crippen LogP contribution in [0.3, 0.4) is 0 Å². The summed E-state index contributed by atoms with van der Waals surface area (Å²) >= 11 is 5.56. The fourth-order valence-electron chi connectivity index (χ4n) is 1.05. The molecule has 18 heavy (non-hydrogen) atoms. The van der Waals surface area contributed by atoms with E-state index in [1.54, 1.807) is 0 Å². The van der Waals surface area contributed by atoms with Crippen molar-refractivity contribution in [1.82, 2.24) is 14.7 Å². The molecule has 0 saturated carbocycles. The molecule has 0 unspecified atom stereocenters. The minimum absolute atomic E-state index is 0.0443. The van der Waals surface area contributed by atoms with Crippen molar-refractivity contribution in [2.24, 2.45) is 0 Å². The Balaban J connectivity index is 2.80. The van der Waals surface area contributed by atoms with Gasteiger partial charge >= 0.3 is 5.69 Å². The third kappa shape index (κ3) is 3.75. The number of rotatable bonds is 6. The smallest absolute Gasteiger partial charge is 0.348 e. The average molecular weight is 296 g/mol. The zero-order chi connectivity index (χ0) is 13.8. The molecule has 2 N–H and O–H groups in total. The van der Waals surface area contributed by atoms with Crippen LogP contribution in [-0.2, 0) is 10.0 Å². The van der Waals surface area contributed by atoms with E-state index in [0.717, 1.165) is 6.33 Å². The lowest BCUT2D eigenvalue weighted by Gasteiger charge is -2.06. The maximum Gasteiger partial charge on any atom is 0.348 e. The van der Waals surface area contributed by atoms with Crippen LogP contribution in [0, 0.1) is 10.1 Å². The number of halogens is 1. The zero-order valence-corrected chi connectivity index (χ0v) is 10.8. The lowest BCUT2D eigenvalue weighted by molar-refractivity contribution is -0.384. The lowest BCUT2D eigenvalue weighted by atomic mass is 10.5. The summed E-state index contributed by atoms with van der Waals surface area (Å²) in [7, 11) is -2.11. The summed E-state index contributed by atoms with van der Waals surface area (Å²) in [6.07, 6.45) is 1.05. The first-order valence-electron chi connectivity index (χ1n) is 4.67. The van der Waals surface area contributed by atoms with Gasteiger partial charge in [0.05, 0.1) is 10.7 Å². The zero-order valence-electron chi connectivity index (χ0n) is 9.25. The summed E-state index contributed by atoms with van der Waals surface area (Å²) in [5.41, 5.74) is -0.485. The van der Waals surface area contributed by atoms with Crippen LogP contribution in [0.5, 0.6) is 0 Å². The van der Waals surface area contributed by atoms with Gasteiger partial charge in [-0.3, -0.25) is 10.1 Å². The van der Waals surface area contributed by atoms with E-state index in [1.807, 2.05) is 0 Å². The van der Waals surface area contributed by atoms with E-state index in [9.17, 15) is 18.5 Å². The molecule has 11 heteroatoms. The van der Waals surface area contributed by atoms with Crippen molar-refractivity contribution in [1.29, 1.82) is 0 Å². The van der Waals surface area contributed by atoms with Gasteiger partial charge in [0, 0.05) is 6.54 Å². The van der Waals surface area contributed by atoms with E-state index in [4.69, 9.17) is 11.6 Å². The van der Waals surface area contributed by atoms with Gasteiger partial charge < -0.3 is 5.32 Å². The standard InChI is InChI=1S/C7H10ClN5O4S/c1-9-18(16,17)3-2-10-7-5(13(14)15)6(8)11-4-12-7/h4,9H,2-3H2,1H3,(H,10,11,12).